The summed E-state index contributed by atoms with van der Waals surface area (Å²) in [5, 5.41) is 0.567. The van der Waals surface area contributed by atoms with E-state index in [1.54, 1.807) is 43.4 Å². The molecule has 1 amide bonds. The zero-order chi connectivity index (χ0) is 21.5. The molecule has 2 aliphatic rings. The maximum atomic E-state index is 13.0. The molecular weight excluding hydrogens is 406 g/mol. The van der Waals surface area contributed by atoms with Crippen LogP contribution in [0, 0.1) is 6.92 Å². The molecule has 0 radical (unpaired) electrons. The average Bonchev–Trinajstić information content (AvgIpc) is 2.75. The minimum Gasteiger partial charge on any atom is -0.493 e. The third kappa shape index (κ3) is 3.60. The SMILES string of the molecule is COc1ccc(C(=O)N2CCC3(CC2)CC(=O)c2cc(Cl)c(C)cc2O3)cc1OC. The van der Waals surface area contributed by atoms with Gasteiger partial charge in [-0.25, -0.2) is 0 Å². The van der Waals surface area contributed by atoms with E-state index < -0.39 is 5.60 Å². The van der Waals surface area contributed by atoms with Crippen molar-refractivity contribution in [1.82, 2.24) is 4.90 Å². The minimum atomic E-state index is -0.571. The van der Waals surface area contributed by atoms with Crippen LogP contribution < -0.4 is 14.2 Å². The Labute approximate surface area is 180 Å². The summed E-state index contributed by atoms with van der Waals surface area (Å²) in [4.78, 5) is 27.5. The summed E-state index contributed by atoms with van der Waals surface area (Å²) in [5.41, 5.74) is 1.39. The summed E-state index contributed by atoms with van der Waals surface area (Å²) in [6, 6.07) is 8.67. The molecule has 0 unspecified atom stereocenters. The van der Waals surface area contributed by atoms with E-state index in [-0.39, 0.29) is 11.7 Å². The van der Waals surface area contributed by atoms with Gasteiger partial charge in [0.2, 0.25) is 0 Å². The molecule has 0 N–H and O–H groups in total. The number of rotatable bonds is 3. The number of amides is 1. The van der Waals surface area contributed by atoms with Crippen LogP contribution in [0.4, 0.5) is 0 Å². The predicted molar refractivity (Wildman–Crippen MR) is 113 cm³/mol. The zero-order valence-electron chi connectivity index (χ0n) is 17.3. The zero-order valence-corrected chi connectivity index (χ0v) is 18.0. The number of ketones is 1. The molecule has 7 heteroatoms. The van der Waals surface area contributed by atoms with Crippen molar-refractivity contribution >= 4 is 23.3 Å². The molecule has 2 aromatic rings. The topological polar surface area (TPSA) is 65.1 Å². The van der Waals surface area contributed by atoms with E-state index in [1.807, 2.05) is 13.0 Å². The lowest BCUT2D eigenvalue weighted by Crippen LogP contribution is -2.52. The van der Waals surface area contributed by atoms with E-state index >= 15 is 0 Å². The van der Waals surface area contributed by atoms with E-state index in [0.717, 1.165) is 5.56 Å². The van der Waals surface area contributed by atoms with E-state index in [9.17, 15) is 9.59 Å². The van der Waals surface area contributed by atoms with Crippen LogP contribution in [-0.4, -0.2) is 49.5 Å². The molecule has 2 heterocycles. The van der Waals surface area contributed by atoms with Crippen LogP contribution in [0.15, 0.2) is 30.3 Å². The van der Waals surface area contributed by atoms with Crippen molar-refractivity contribution in [2.45, 2.75) is 31.8 Å². The van der Waals surface area contributed by atoms with Crippen molar-refractivity contribution in [3.8, 4) is 17.2 Å². The van der Waals surface area contributed by atoms with Crippen molar-refractivity contribution < 1.29 is 23.8 Å². The van der Waals surface area contributed by atoms with E-state index in [4.69, 9.17) is 25.8 Å². The molecule has 2 aliphatic heterocycles. The average molecular weight is 430 g/mol. The number of nitrogens with zero attached hydrogens (tertiary/aromatic N) is 1. The third-order valence-electron chi connectivity index (χ3n) is 5.96. The smallest absolute Gasteiger partial charge is 0.253 e. The molecule has 0 aliphatic carbocycles. The van der Waals surface area contributed by atoms with Crippen LogP contribution in [0.1, 0.15) is 45.5 Å². The van der Waals surface area contributed by atoms with Gasteiger partial charge in [0.25, 0.3) is 5.91 Å². The molecule has 158 valence electrons. The normalized spacial score (nSPS) is 17.3. The summed E-state index contributed by atoms with van der Waals surface area (Å²) >= 11 is 6.17. The second kappa shape index (κ2) is 7.84. The summed E-state index contributed by atoms with van der Waals surface area (Å²) in [7, 11) is 3.10. The fraction of sp³-hybridized carbons (Fsp3) is 0.391. The maximum absolute atomic E-state index is 13.0. The highest BCUT2D eigenvalue weighted by molar-refractivity contribution is 6.31. The molecule has 6 nitrogen and oxygen atoms in total. The van der Waals surface area contributed by atoms with Crippen molar-refractivity contribution in [3.63, 3.8) is 0 Å². The van der Waals surface area contributed by atoms with Crippen molar-refractivity contribution in [2.75, 3.05) is 27.3 Å². The fourth-order valence-electron chi connectivity index (χ4n) is 4.16. The maximum Gasteiger partial charge on any atom is 0.253 e. The van der Waals surface area contributed by atoms with Crippen LogP contribution >= 0.6 is 11.6 Å². The van der Waals surface area contributed by atoms with Gasteiger partial charge in [-0.1, -0.05) is 11.6 Å². The summed E-state index contributed by atoms with van der Waals surface area (Å²) in [6.07, 6.45) is 1.50. The highest BCUT2D eigenvalue weighted by atomic mass is 35.5. The van der Waals surface area contributed by atoms with Crippen molar-refractivity contribution in [3.05, 3.63) is 52.0 Å². The molecule has 0 saturated carbocycles. The number of Topliss-reactive ketones (excluding diaryl/α,β-unsaturated/α-hetero) is 1. The number of carbonyl (C=O) groups is 2. The lowest BCUT2D eigenvalue weighted by atomic mass is 9.82. The highest BCUT2D eigenvalue weighted by Gasteiger charge is 2.44. The standard InChI is InChI=1S/C23H24ClNO5/c1-14-10-20-16(12-17(14)24)18(26)13-23(30-20)6-8-25(9-7-23)22(27)15-4-5-19(28-2)21(11-15)29-3/h4-5,10-12H,6-9,13H2,1-3H3. The fourth-order valence-corrected chi connectivity index (χ4v) is 4.33. The third-order valence-corrected chi connectivity index (χ3v) is 6.37. The molecule has 4 rings (SSSR count). The van der Waals surface area contributed by atoms with E-state index in [2.05, 4.69) is 0 Å². The number of likely N-dealkylation sites (tertiary alicyclic amines) is 1. The second-order valence-electron chi connectivity index (χ2n) is 7.84. The largest absolute Gasteiger partial charge is 0.493 e. The number of methoxy groups -OCH3 is 2. The first kappa shape index (κ1) is 20.5. The summed E-state index contributed by atoms with van der Waals surface area (Å²) < 4.78 is 16.9. The van der Waals surface area contributed by atoms with Crippen molar-refractivity contribution in [2.24, 2.45) is 0 Å². The number of piperidine rings is 1. The molecule has 1 saturated heterocycles. The molecule has 0 atom stereocenters. The highest BCUT2D eigenvalue weighted by Crippen LogP contribution is 2.41. The number of aryl methyl sites for hydroxylation is 1. The van der Waals surface area contributed by atoms with Crippen LogP contribution in [-0.2, 0) is 0 Å². The molecule has 2 aromatic carbocycles. The Morgan fingerprint density at radius 1 is 1.10 bits per heavy atom. The number of fused-ring (bicyclic) bond motifs is 1. The number of benzene rings is 2. The van der Waals surface area contributed by atoms with Gasteiger partial charge >= 0.3 is 0 Å². The van der Waals surface area contributed by atoms with Crippen LogP contribution in [0.3, 0.4) is 0 Å². The molecule has 1 spiro atoms. The number of carbonyl (C=O) groups excluding carboxylic acids is 2. The first-order chi connectivity index (χ1) is 14.4. The van der Waals surface area contributed by atoms with Crippen LogP contribution in [0.5, 0.6) is 17.2 Å². The number of halogens is 1. The Hall–Kier alpha value is -2.73. The lowest BCUT2D eigenvalue weighted by Gasteiger charge is -2.44. The first-order valence-electron chi connectivity index (χ1n) is 9.89. The predicted octanol–water partition coefficient (Wildman–Crippen LogP) is 4.31. The lowest BCUT2D eigenvalue weighted by molar-refractivity contribution is -0.00574. The Kier molecular flexibility index (Phi) is 5.36. The van der Waals surface area contributed by atoms with E-state index in [0.29, 0.717) is 65.8 Å². The van der Waals surface area contributed by atoms with Gasteiger partial charge in [0.05, 0.1) is 26.2 Å². The molecule has 30 heavy (non-hydrogen) atoms. The van der Waals surface area contributed by atoms with Gasteiger partial charge in [-0.05, 0) is 42.8 Å². The van der Waals surface area contributed by atoms with Gasteiger partial charge in [0.15, 0.2) is 17.3 Å². The van der Waals surface area contributed by atoms with Gasteiger partial charge in [-0.2, -0.15) is 0 Å². The van der Waals surface area contributed by atoms with E-state index in [1.165, 1.54) is 0 Å². The summed E-state index contributed by atoms with van der Waals surface area (Å²) in [5.74, 6) is 1.65. The van der Waals surface area contributed by atoms with Gasteiger partial charge in [-0.3, -0.25) is 9.59 Å². The Morgan fingerprint density at radius 3 is 2.47 bits per heavy atom. The monoisotopic (exact) mass is 429 g/mol. The van der Waals surface area contributed by atoms with Gasteiger partial charge in [0.1, 0.15) is 11.4 Å². The Morgan fingerprint density at radius 2 is 1.80 bits per heavy atom. The second-order valence-corrected chi connectivity index (χ2v) is 8.25. The minimum absolute atomic E-state index is 0.0396. The number of ether oxygens (including phenoxy) is 3. The Balaban J connectivity index is 1.49. The first-order valence-corrected chi connectivity index (χ1v) is 10.3. The van der Waals surface area contributed by atoms with Crippen LogP contribution in [0.2, 0.25) is 5.02 Å². The van der Waals surface area contributed by atoms with Crippen molar-refractivity contribution in [1.29, 1.82) is 0 Å². The van der Waals surface area contributed by atoms with Gasteiger partial charge in [-0.15, -0.1) is 0 Å². The molecule has 0 bridgehead atoms. The summed E-state index contributed by atoms with van der Waals surface area (Å²) in [6.45, 7) is 2.92. The Bertz CT molecular complexity index is 1010. The number of hydrogen-bond donors (Lipinski definition) is 0. The molecule has 1 fully saturated rings. The van der Waals surface area contributed by atoms with Gasteiger partial charge < -0.3 is 19.1 Å². The quantitative estimate of drug-likeness (QED) is 0.727. The molecule has 0 aromatic heterocycles. The van der Waals surface area contributed by atoms with Gasteiger partial charge in [0, 0.05) is 36.5 Å². The van der Waals surface area contributed by atoms with Crippen LogP contribution in [0.25, 0.3) is 0 Å². The molecular formula is C23H24ClNO5. The number of hydrogen-bond acceptors (Lipinski definition) is 5.